The van der Waals surface area contributed by atoms with Gasteiger partial charge in [-0.1, -0.05) is 18.7 Å². The number of amides is 2. The zero-order valence-corrected chi connectivity index (χ0v) is 13.8. The van der Waals surface area contributed by atoms with Gasteiger partial charge in [0.25, 0.3) is 0 Å². The summed E-state index contributed by atoms with van der Waals surface area (Å²) in [5, 5.41) is 2.88. The summed E-state index contributed by atoms with van der Waals surface area (Å²) in [5.74, 6) is 0.392. The van der Waals surface area contributed by atoms with Crippen molar-refractivity contribution in [1.29, 1.82) is 0 Å². The van der Waals surface area contributed by atoms with Crippen molar-refractivity contribution in [3.8, 4) is 5.75 Å². The molecule has 0 bridgehead atoms. The number of hydrogen-bond donors (Lipinski definition) is 1. The topological polar surface area (TPSA) is 58.6 Å². The highest BCUT2D eigenvalue weighted by Crippen LogP contribution is 2.25. The third-order valence-corrected chi connectivity index (χ3v) is 4.26. The quantitative estimate of drug-likeness (QED) is 0.847. The highest BCUT2D eigenvalue weighted by Gasteiger charge is 2.30. The molecule has 1 saturated heterocycles. The van der Waals surface area contributed by atoms with Gasteiger partial charge in [0.2, 0.25) is 11.8 Å². The third kappa shape index (κ3) is 3.92. The van der Waals surface area contributed by atoms with E-state index >= 15 is 0 Å². The SMILES string of the molecule is C=CC(=O)N(Cc1c(C)cccc1OC)C1CCCCNC1=O. The van der Waals surface area contributed by atoms with Gasteiger partial charge in [-0.2, -0.15) is 0 Å². The van der Waals surface area contributed by atoms with Crippen LogP contribution in [0.15, 0.2) is 30.9 Å². The maximum Gasteiger partial charge on any atom is 0.246 e. The van der Waals surface area contributed by atoms with E-state index in [1.807, 2.05) is 25.1 Å². The molecule has 1 aliphatic rings. The lowest BCUT2D eigenvalue weighted by atomic mass is 10.0. The molecule has 1 fully saturated rings. The van der Waals surface area contributed by atoms with Gasteiger partial charge in [-0.3, -0.25) is 9.59 Å². The zero-order chi connectivity index (χ0) is 16.8. The molecule has 0 spiro atoms. The first-order chi connectivity index (χ1) is 11.1. The number of benzene rings is 1. The maximum atomic E-state index is 12.4. The van der Waals surface area contributed by atoms with Gasteiger partial charge in [-0.15, -0.1) is 0 Å². The second-order valence-corrected chi connectivity index (χ2v) is 5.73. The minimum atomic E-state index is -0.465. The Morgan fingerprint density at radius 1 is 1.48 bits per heavy atom. The predicted molar refractivity (Wildman–Crippen MR) is 89.1 cm³/mol. The van der Waals surface area contributed by atoms with Gasteiger partial charge >= 0.3 is 0 Å². The van der Waals surface area contributed by atoms with E-state index < -0.39 is 6.04 Å². The zero-order valence-electron chi connectivity index (χ0n) is 13.8. The van der Waals surface area contributed by atoms with Gasteiger partial charge in [0, 0.05) is 12.1 Å². The molecule has 0 aromatic heterocycles. The van der Waals surface area contributed by atoms with Crippen molar-refractivity contribution < 1.29 is 14.3 Å². The summed E-state index contributed by atoms with van der Waals surface area (Å²) in [5.41, 5.74) is 1.95. The Labute approximate surface area is 137 Å². The second-order valence-electron chi connectivity index (χ2n) is 5.73. The Hall–Kier alpha value is -2.30. The minimum absolute atomic E-state index is 0.0924. The molecule has 1 aromatic carbocycles. The van der Waals surface area contributed by atoms with Gasteiger partial charge in [0.05, 0.1) is 13.7 Å². The van der Waals surface area contributed by atoms with Crippen LogP contribution in [0.4, 0.5) is 0 Å². The van der Waals surface area contributed by atoms with E-state index in [4.69, 9.17) is 4.74 Å². The van der Waals surface area contributed by atoms with Gasteiger partial charge in [0.1, 0.15) is 11.8 Å². The fourth-order valence-electron chi connectivity index (χ4n) is 2.92. The largest absolute Gasteiger partial charge is 0.496 e. The van der Waals surface area contributed by atoms with E-state index in [0.29, 0.717) is 19.5 Å². The molecule has 0 saturated carbocycles. The van der Waals surface area contributed by atoms with Gasteiger partial charge < -0.3 is 15.0 Å². The molecular weight excluding hydrogens is 292 g/mol. The summed E-state index contributed by atoms with van der Waals surface area (Å²) in [7, 11) is 1.61. The fourth-order valence-corrected chi connectivity index (χ4v) is 2.92. The van der Waals surface area contributed by atoms with Crippen molar-refractivity contribution in [3.05, 3.63) is 42.0 Å². The number of nitrogens with zero attached hydrogens (tertiary/aromatic N) is 1. The van der Waals surface area contributed by atoms with Crippen LogP contribution in [0.3, 0.4) is 0 Å². The summed E-state index contributed by atoms with van der Waals surface area (Å²) < 4.78 is 5.41. The Balaban J connectivity index is 2.34. The van der Waals surface area contributed by atoms with Crippen LogP contribution in [0.1, 0.15) is 30.4 Å². The molecule has 23 heavy (non-hydrogen) atoms. The standard InChI is InChI=1S/C18H24N2O3/c1-4-17(21)20(15-9-5-6-11-19-18(15)22)12-14-13(2)8-7-10-16(14)23-3/h4,7-8,10,15H,1,5-6,9,11-12H2,2-3H3,(H,19,22). The maximum absolute atomic E-state index is 12.4. The summed E-state index contributed by atoms with van der Waals surface area (Å²) in [6.45, 7) is 6.55. The first kappa shape index (κ1) is 17.1. The van der Waals surface area contributed by atoms with Crippen molar-refractivity contribution in [1.82, 2.24) is 10.2 Å². The van der Waals surface area contributed by atoms with Crippen LogP contribution in [0.5, 0.6) is 5.75 Å². The van der Waals surface area contributed by atoms with Crippen molar-refractivity contribution in [3.63, 3.8) is 0 Å². The number of hydrogen-bond acceptors (Lipinski definition) is 3. The van der Waals surface area contributed by atoms with E-state index in [2.05, 4.69) is 11.9 Å². The Morgan fingerprint density at radius 2 is 2.26 bits per heavy atom. The van der Waals surface area contributed by atoms with Gasteiger partial charge in [0.15, 0.2) is 0 Å². The first-order valence-electron chi connectivity index (χ1n) is 7.91. The third-order valence-electron chi connectivity index (χ3n) is 4.26. The summed E-state index contributed by atoms with van der Waals surface area (Å²) in [6.07, 6.45) is 3.78. The van der Waals surface area contributed by atoms with E-state index in [1.54, 1.807) is 12.0 Å². The number of methoxy groups -OCH3 is 1. The summed E-state index contributed by atoms with van der Waals surface area (Å²) in [6, 6.07) is 5.29. The minimum Gasteiger partial charge on any atom is -0.496 e. The van der Waals surface area contributed by atoms with Crippen molar-refractivity contribution in [2.24, 2.45) is 0 Å². The normalized spacial score (nSPS) is 17.8. The summed E-state index contributed by atoms with van der Waals surface area (Å²) >= 11 is 0. The Morgan fingerprint density at radius 3 is 2.96 bits per heavy atom. The molecular formula is C18H24N2O3. The number of carbonyl (C=O) groups is 2. The van der Waals surface area contributed by atoms with Crippen LogP contribution >= 0.6 is 0 Å². The molecule has 1 N–H and O–H groups in total. The van der Waals surface area contributed by atoms with E-state index in [1.165, 1.54) is 6.08 Å². The van der Waals surface area contributed by atoms with E-state index in [-0.39, 0.29) is 11.8 Å². The van der Waals surface area contributed by atoms with Crippen LogP contribution in [-0.2, 0) is 16.1 Å². The van der Waals surface area contributed by atoms with Crippen LogP contribution in [0, 0.1) is 6.92 Å². The fraction of sp³-hybridized carbons (Fsp3) is 0.444. The highest BCUT2D eigenvalue weighted by molar-refractivity contribution is 5.92. The average Bonchev–Trinajstić information content (AvgIpc) is 2.77. The molecule has 5 nitrogen and oxygen atoms in total. The number of carbonyl (C=O) groups excluding carboxylic acids is 2. The van der Waals surface area contributed by atoms with Gasteiger partial charge in [-0.25, -0.2) is 0 Å². The van der Waals surface area contributed by atoms with Crippen LogP contribution in [0.2, 0.25) is 0 Å². The molecule has 124 valence electrons. The predicted octanol–water partition coefficient (Wildman–Crippen LogP) is 2.19. The Kier molecular flexibility index (Phi) is 5.79. The number of ether oxygens (including phenoxy) is 1. The Bertz CT molecular complexity index is 598. The molecule has 1 aromatic rings. The molecule has 0 radical (unpaired) electrons. The van der Waals surface area contributed by atoms with Crippen molar-refractivity contribution in [2.45, 2.75) is 38.8 Å². The lowest BCUT2D eigenvalue weighted by Crippen LogP contribution is -2.47. The average molecular weight is 316 g/mol. The molecule has 5 heteroatoms. The monoisotopic (exact) mass is 316 g/mol. The van der Waals surface area contributed by atoms with E-state index in [0.717, 1.165) is 29.7 Å². The molecule has 2 rings (SSSR count). The molecule has 2 amide bonds. The van der Waals surface area contributed by atoms with E-state index in [9.17, 15) is 9.59 Å². The van der Waals surface area contributed by atoms with Crippen LogP contribution in [-0.4, -0.2) is 36.4 Å². The summed E-state index contributed by atoms with van der Waals surface area (Å²) in [4.78, 5) is 26.3. The van der Waals surface area contributed by atoms with Crippen molar-refractivity contribution in [2.75, 3.05) is 13.7 Å². The van der Waals surface area contributed by atoms with Crippen molar-refractivity contribution >= 4 is 11.8 Å². The smallest absolute Gasteiger partial charge is 0.246 e. The molecule has 0 aliphatic carbocycles. The molecule has 1 atom stereocenters. The lowest BCUT2D eigenvalue weighted by molar-refractivity contribution is -0.137. The highest BCUT2D eigenvalue weighted by atomic mass is 16.5. The van der Waals surface area contributed by atoms with Crippen LogP contribution in [0.25, 0.3) is 0 Å². The molecule has 1 aliphatic heterocycles. The van der Waals surface area contributed by atoms with Crippen LogP contribution < -0.4 is 10.1 Å². The lowest BCUT2D eigenvalue weighted by Gasteiger charge is -2.30. The van der Waals surface area contributed by atoms with Gasteiger partial charge in [-0.05, 0) is 43.9 Å². The number of nitrogens with one attached hydrogen (secondary N) is 1. The number of rotatable bonds is 5. The molecule has 1 heterocycles. The molecule has 1 unspecified atom stereocenters. The number of aryl methyl sites for hydroxylation is 1. The first-order valence-corrected chi connectivity index (χ1v) is 7.91. The second kappa shape index (κ2) is 7.81.